The van der Waals surface area contributed by atoms with Gasteiger partial charge in [0.05, 0.1) is 13.2 Å². The fraction of sp³-hybridized carbons (Fsp3) is 0.316. The maximum absolute atomic E-state index is 13.0. The molecule has 132 valence electrons. The lowest BCUT2D eigenvalue weighted by Gasteiger charge is -2.26. The summed E-state index contributed by atoms with van der Waals surface area (Å²) in [6.07, 6.45) is 0. The van der Waals surface area contributed by atoms with Crippen LogP contribution in [-0.4, -0.2) is 50.3 Å². The van der Waals surface area contributed by atoms with E-state index in [1.54, 1.807) is 12.1 Å². The molecule has 3 rings (SSSR count). The van der Waals surface area contributed by atoms with Crippen LogP contribution in [0.4, 0.5) is 14.9 Å². The van der Waals surface area contributed by atoms with Crippen LogP contribution in [0.25, 0.3) is 11.1 Å². The van der Waals surface area contributed by atoms with E-state index < -0.39 is 0 Å². The second-order valence-corrected chi connectivity index (χ2v) is 5.92. The number of hydrogen-bond donors (Lipinski definition) is 2. The Labute approximate surface area is 146 Å². The van der Waals surface area contributed by atoms with Gasteiger partial charge in [0, 0.05) is 31.9 Å². The predicted molar refractivity (Wildman–Crippen MR) is 96.1 cm³/mol. The third kappa shape index (κ3) is 5.27. The zero-order valence-electron chi connectivity index (χ0n) is 14.0. The average molecular weight is 343 g/mol. The van der Waals surface area contributed by atoms with E-state index in [4.69, 9.17) is 4.74 Å². The number of nitrogens with one attached hydrogen (secondary N) is 2. The second kappa shape index (κ2) is 8.60. The summed E-state index contributed by atoms with van der Waals surface area (Å²) in [5.74, 6) is -0.266. The summed E-state index contributed by atoms with van der Waals surface area (Å²) in [5, 5.41) is 5.70. The summed E-state index contributed by atoms with van der Waals surface area (Å²) in [7, 11) is 0. The van der Waals surface area contributed by atoms with Crippen molar-refractivity contribution in [1.29, 1.82) is 0 Å². The van der Waals surface area contributed by atoms with Gasteiger partial charge in [0.2, 0.25) is 0 Å². The molecule has 2 amide bonds. The molecule has 25 heavy (non-hydrogen) atoms. The van der Waals surface area contributed by atoms with Crippen LogP contribution in [0.15, 0.2) is 48.5 Å². The lowest BCUT2D eigenvalue weighted by atomic mass is 10.1. The van der Waals surface area contributed by atoms with E-state index in [1.807, 2.05) is 24.3 Å². The quantitative estimate of drug-likeness (QED) is 0.878. The first-order valence-electron chi connectivity index (χ1n) is 8.42. The summed E-state index contributed by atoms with van der Waals surface area (Å²) in [4.78, 5) is 14.3. The Morgan fingerprint density at radius 3 is 2.60 bits per heavy atom. The predicted octanol–water partition coefficient (Wildman–Crippen LogP) is 2.95. The molecule has 0 radical (unpaired) electrons. The molecule has 0 aromatic heterocycles. The molecule has 0 bridgehead atoms. The molecule has 1 aliphatic heterocycles. The molecular weight excluding hydrogens is 321 g/mol. The number of carbonyl (C=O) groups excluding carboxylic acids is 1. The number of nitrogens with zero attached hydrogens (tertiary/aromatic N) is 1. The number of urea groups is 1. The van der Waals surface area contributed by atoms with E-state index in [0.29, 0.717) is 12.2 Å². The molecule has 1 saturated heterocycles. The molecule has 2 N–H and O–H groups in total. The third-order valence-corrected chi connectivity index (χ3v) is 4.12. The van der Waals surface area contributed by atoms with Gasteiger partial charge in [0.1, 0.15) is 5.82 Å². The van der Waals surface area contributed by atoms with Gasteiger partial charge < -0.3 is 15.4 Å². The molecule has 6 heteroatoms. The van der Waals surface area contributed by atoms with E-state index >= 15 is 0 Å². The van der Waals surface area contributed by atoms with Crippen molar-refractivity contribution in [3.05, 3.63) is 54.3 Å². The Bertz CT molecular complexity index is 700. The summed E-state index contributed by atoms with van der Waals surface area (Å²) in [5.41, 5.74) is 2.52. The van der Waals surface area contributed by atoms with Crippen molar-refractivity contribution < 1.29 is 13.9 Å². The first-order valence-corrected chi connectivity index (χ1v) is 8.42. The fourth-order valence-corrected chi connectivity index (χ4v) is 2.75. The number of morpholine rings is 1. The number of carbonyl (C=O) groups is 1. The van der Waals surface area contributed by atoms with Crippen molar-refractivity contribution in [2.75, 3.05) is 44.7 Å². The molecule has 5 nitrogen and oxygen atoms in total. The second-order valence-electron chi connectivity index (χ2n) is 5.92. The van der Waals surface area contributed by atoms with Crippen LogP contribution in [0, 0.1) is 5.82 Å². The van der Waals surface area contributed by atoms with E-state index in [-0.39, 0.29) is 11.8 Å². The highest BCUT2D eigenvalue weighted by molar-refractivity contribution is 5.90. The molecule has 1 fully saturated rings. The molecule has 0 atom stereocenters. The minimum atomic E-state index is -0.266. The SMILES string of the molecule is O=C(NCCN1CCOCC1)Nc1cccc(-c2ccc(F)cc2)c1. The lowest BCUT2D eigenvalue weighted by molar-refractivity contribution is 0.0388. The smallest absolute Gasteiger partial charge is 0.319 e. The van der Waals surface area contributed by atoms with E-state index in [1.165, 1.54) is 12.1 Å². The number of ether oxygens (including phenoxy) is 1. The van der Waals surface area contributed by atoms with Gasteiger partial charge in [-0.3, -0.25) is 4.90 Å². The molecule has 0 saturated carbocycles. The number of halogens is 1. The monoisotopic (exact) mass is 343 g/mol. The van der Waals surface area contributed by atoms with Gasteiger partial charge >= 0.3 is 6.03 Å². The first-order chi connectivity index (χ1) is 12.2. The van der Waals surface area contributed by atoms with Crippen molar-refractivity contribution >= 4 is 11.7 Å². The highest BCUT2D eigenvalue weighted by Crippen LogP contribution is 2.22. The Kier molecular flexibility index (Phi) is 5.98. The molecular formula is C19H22FN3O2. The van der Waals surface area contributed by atoms with E-state index in [2.05, 4.69) is 15.5 Å². The molecule has 1 heterocycles. The summed E-state index contributed by atoms with van der Waals surface area (Å²) >= 11 is 0. The summed E-state index contributed by atoms with van der Waals surface area (Å²) in [6, 6.07) is 13.5. The fourth-order valence-electron chi connectivity index (χ4n) is 2.75. The van der Waals surface area contributed by atoms with Crippen LogP contribution in [0.3, 0.4) is 0 Å². The number of benzene rings is 2. The van der Waals surface area contributed by atoms with Crippen molar-refractivity contribution in [2.45, 2.75) is 0 Å². The number of anilines is 1. The van der Waals surface area contributed by atoms with Gasteiger partial charge in [-0.05, 0) is 35.4 Å². The maximum atomic E-state index is 13.0. The summed E-state index contributed by atoms with van der Waals surface area (Å²) < 4.78 is 18.3. The first kappa shape index (κ1) is 17.4. The van der Waals surface area contributed by atoms with Crippen molar-refractivity contribution in [3.63, 3.8) is 0 Å². The van der Waals surface area contributed by atoms with Crippen LogP contribution in [-0.2, 0) is 4.74 Å². The van der Waals surface area contributed by atoms with Gasteiger partial charge in [0.15, 0.2) is 0 Å². The molecule has 0 unspecified atom stereocenters. The molecule has 1 aliphatic rings. The maximum Gasteiger partial charge on any atom is 0.319 e. The third-order valence-electron chi connectivity index (χ3n) is 4.12. The largest absolute Gasteiger partial charge is 0.379 e. The van der Waals surface area contributed by atoms with Gasteiger partial charge in [0.25, 0.3) is 0 Å². The van der Waals surface area contributed by atoms with E-state index in [0.717, 1.165) is 44.0 Å². The van der Waals surface area contributed by atoms with Crippen LogP contribution < -0.4 is 10.6 Å². The van der Waals surface area contributed by atoms with Crippen molar-refractivity contribution in [2.24, 2.45) is 0 Å². The van der Waals surface area contributed by atoms with Gasteiger partial charge in [-0.15, -0.1) is 0 Å². The standard InChI is InChI=1S/C19H22FN3O2/c20-17-6-4-15(5-7-17)16-2-1-3-18(14-16)22-19(24)21-8-9-23-10-12-25-13-11-23/h1-7,14H,8-13H2,(H2,21,22,24). The van der Waals surface area contributed by atoms with Gasteiger partial charge in [-0.2, -0.15) is 0 Å². The molecule has 2 aromatic rings. The van der Waals surface area contributed by atoms with E-state index in [9.17, 15) is 9.18 Å². The minimum absolute atomic E-state index is 0.232. The average Bonchev–Trinajstić information content (AvgIpc) is 2.63. The normalized spacial score (nSPS) is 14.9. The van der Waals surface area contributed by atoms with Gasteiger partial charge in [-0.1, -0.05) is 24.3 Å². The Morgan fingerprint density at radius 1 is 1.08 bits per heavy atom. The Hall–Kier alpha value is -2.44. The highest BCUT2D eigenvalue weighted by atomic mass is 19.1. The molecule has 2 aromatic carbocycles. The van der Waals surface area contributed by atoms with Crippen molar-refractivity contribution in [1.82, 2.24) is 10.2 Å². The summed E-state index contributed by atoms with van der Waals surface area (Å²) in [6.45, 7) is 4.71. The number of hydrogen-bond acceptors (Lipinski definition) is 3. The zero-order valence-corrected chi connectivity index (χ0v) is 14.0. The highest BCUT2D eigenvalue weighted by Gasteiger charge is 2.10. The topological polar surface area (TPSA) is 53.6 Å². The Morgan fingerprint density at radius 2 is 1.84 bits per heavy atom. The van der Waals surface area contributed by atoms with Crippen LogP contribution in [0.2, 0.25) is 0 Å². The lowest BCUT2D eigenvalue weighted by Crippen LogP contribution is -2.42. The minimum Gasteiger partial charge on any atom is -0.379 e. The Balaban J connectivity index is 1.51. The van der Waals surface area contributed by atoms with Crippen LogP contribution in [0.5, 0.6) is 0 Å². The van der Waals surface area contributed by atoms with Crippen LogP contribution >= 0.6 is 0 Å². The molecule has 0 spiro atoms. The van der Waals surface area contributed by atoms with Gasteiger partial charge in [-0.25, -0.2) is 9.18 Å². The molecule has 0 aliphatic carbocycles. The number of rotatable bonds is 5. The zero-order chi connectivity index (χ0) is 17.5. The van der Waals surface area contributed by atoms with Crippen LogP contribution in [0.1, 0.15) is 0 Å². The number of amides is 2. The van der Waals surface area contributed by atoms with Crippen molar-refractivity contribution in [3.8, 4) is 11.1 Å².